The molecule has 0 saturated carbocycles. The highest BCUT2D eigenvalue weighted by atomic mass is 32.2. The number of hydrogen-bond donors (Lipinski definition) is 1. The maximum Gasteiger partial charge on any atom is 0.340 e. The van der Waals surface area contributed by atoms with E-state index in [0.717, 1.165) is 0 Å². The molecular weight excluding hydrogens is 446 g/mol. The van der Waals surface area contributed by atoms with Gasteiger partial charge in [-0.15, -0.1) is 0 Å². The fourth-order valence-electron chi connectivity index (χ4n) is 3.65. The summed E-state index contributed by atoms with van der Waals surface area (Å²) < 4.78 is 38.9. The number of ether oxygens (including phenoxy) is 2. The van der Waals surface area contributed by atoms with Crippen molar-refractivity contribution in [1.82, 2.24) is 8.87 Å². The topological polar surface area (TPSA) is 107 Å². The summed E-state index contributed by atoms with van der Waals surface area (Å²) in [4.78, 5) is 25.1. The third-order valence-corrected chi connectivity index (χ3v) is 7.34. The summed E-state index contributed by atoms with van der Waals surface area (Å²) in [5.74, 6) is -0.585. The van der Waals surface area contributed by atoms with Gasteiger partial charge in [0.1, 0.15) is 12.3 Å². The predicted molar refractivity (Wildman–Crippen MR) is 125 cm³/mol. The molecule has 0 radical (unpaired) electrons. The summed E-state index contributed by atoms with van der Waals surface area (Å²) in [5.41, 5.74) is 1.28. The Balaban J connectivity index is 1.92. The van der Waals surface area contributed by atoms with Crippen molar-refractivity contribution < 1.29 is 27.5 Å². The Hall–Kier alpha value is -3.37. The molecule has 1 N–H and O–H groups in total. The van der Waals surface area contributed by atoms with Gasteiger partial charge in [-0.05, 0) is 24.3 Å². The number of carbonyl (C=O) groups is 2. The normalized spacial score (nSPS) is 11.5. The van der Waals surface area contributed by atoms with Crippen LogP contribution in [0.4, 0.5) is 5.69 Å². The van der Waals surface area contributed by atoms with Crippen LogP contribution < -0.4 is 10.1 Å². The van der Waals surface area contributed by atoms with Crippen LogP contribution in [0.25, 0.3) is 10.9 Å². The van der Waals surface area contributed by atoms with Gasteiger partial charge < -0.3 is 19.4 Å². The van der Waals surface area contributed by atoms with E-state index in [4.69, 9.17) is 9.47 Å². The van der Waals surface area contributed by atoms with Gasteiger partial charge in [0.05, 0.1) is 30.4 Å². The molecule has 0 atom stereocenters. The highest BCUT2D eigenvalue weighted by Crippen LogP contribution is 2.29. The van der Waals surface area contributed by atoms with Crippen LogP contribution in [-0.4, -0.2) is 56.5 Å². The molecule has 0 spiro atoms. The minimum absolute atomic E-state index is 0.0571. The van der Waals surface area contributed by atoms with Gasteiger partial charge in [0.25, 0.3) is 0 Å². The van der Waals surface area contributed by atoms with Crippen LogP contribution in [0, 0.1) is 0 Å². The average molecular weight is 474 g/mol. The summed E-state index contributed by atoms with van der Waals surface area (Å²) in [6.07, 6.45) is 1.56. The zero-order valence-electron chi connectivity index (χ0n) is 19.0. The van der Waals surface area contributed by atoms with Crippen molar-refractivity contribution >= 4 is 38.5 Å². The van der Waals surface area contributed by atoms with Crippen LogP contribution in [0.5, 0.6) is 5.75 Å². The number of carbonyl (C=O) groups excluding carboxylic acids is 2. The number of nitrogens with one attached hydrogen (secondary N) is 1. The minimum atomic E-state index is -3.71. The molecule has 0 bridgehead atoms. The van der Waals surface area contributed by atoms with Gasteiger partial charge in [-0.1, -0.05) is 32.0 Å². The van der Waals surface area contributed by atoms with Gasteiger partial charge >= 0.3 is 5.97 Å². The van der Waals surface area contributed by atoms with Gasteiger partial charge in [-0.2, -0.15) is 4.31 Å². The monoisotopic (exact) mass is 473 g/mol. The molecule has 10 heteroatoms. The molecule has 0 saturated heterocycles. The Morgan fingerprint density at radius 2 is 1.76 bits per heavy atom. The molecule has 1 heterocycles. The van der Waals surface area contributed by atoms with Gasteiger partial charge in [0.15, 0.2) is 0 Å². The van der Waals surface area contributed by atoms with Gasteiger partial charge in [-0.25, -0.2) is 13.2 Å². The Morgan fingerprint density at radius 3 is 2.39 bits per heavy atom. The summed E-state index contributed by atoms with van der Waals surface area (Å²) in [5, 5.41) is 3.40. The minimum Gasteiger partial charge on any atom is -0.495 e. The van der Waals surface area contributed by atoms with Crippen LogP contribution in [0.3, 0.4) is 0 Å². The standard InChI is InChI=1S/C23H27N3O6S/c1-5-26(6-2)33(29,30)16-11-12-21(31-3)19(13-16)24-22(27)15-25-14-18(23(28)32-4)17-9-7-8-10-20(17)25/h7-14H,5-6,15H2,1-4H3,(H,24,27). The van der Waals surface area contributed by atoms with Crippen molar-refractivity contribution in [3.05, 3.63) is 54.2 Å². The van der Waals surface area contributed by atoms with E-state index in [1.165, 1.54) is 36.7 Å². The van der Waals surface area contributed by atoms with E-state index < -0.39 is 21.9 Å². The highest BCUT2D eigenvalue weighted by Gasteiger charge is 2.23. The Kier molecular flexibility index (Phi) is 7.39. The van der Waals surface area contributed by atoms with E-state index in [1.54, 1.807) is 42.8 Å². The van der Waals surface area contributed by atoms with Gasteiger partial charge in [0, 0.05) is 30.2 Å². The van der Waals surface area contributed by atoms with Crippen molar-refractivity contribution in [1.29, 1.82) is 0 Å². The smallest absolute Gasteiger partial charge is 0.340 e. The molecule has 3 rings (SSSR count). The molecule has 1 aromatic heterocycles. The molecule has 9 nitrogen and oxygen atoms in total. The first-order valence-corrected chi connectivity index (χ1v) is 11.8. The van der Waals surface area contributed by atoms with E-state index in [-0.39, 0.29) is 17.1 Å². The first kappa shape index (κ1) is 24.3. The Labute approximate surface area is 192 Å². The number of amides is 1. The number of hydrogen-bond acceptors (Lipinski definition) is 6. The van der Waals surface area contributed by atoms with Crippen molar-refractivity contribution in [2.75, 3.05) is 32.6 Å². The Bertz CT molecular complexity index is 1280. The molecule has 176 valence electrons. The second-order valence-electron chi connectivity index (χ2n) is 7.18. The number of anilines is 1. The number of para-hydroxylation sites is 1. The van der Waals surface area contributed by atoms with Crippen LogP contribution >= 0.6 is 0 Å². The maximum absolute atomic E-state index is 12.9. The molecule has 0 aliphatic carbocycles. The highest BCUT2D eigenvalue weighted by molar-refractivity contribution is 7.89. The second kappa shape index (κ2) is 10.1. The third kappa shape index (κ3) is 4.86. The van der Waals surface area contributed by atoms with Crippen LogP contribution in [0.15, 0.2) is 53.6 Å². The van der Waals surface area contributed by atoms with Gasteiger partial charge in [-0.3, -0.25) is 4.79 Å². The summed E-state index contributed by atoms with van der Waals surface area (Å²) in [6.45, 7) is 4.08. The van der Waals surface area contributed by atoms with Crippen LogP contribution in [0.2, 0.25) is 0 Å². The van der Waals surface area contributed by atoms with Gasteiger partial charge in [0.2, 0.25) is 15.9 Å². The van der Waals surface area contributed by atoms with E-state index in [1.807, 2.05) is 6.07 Å². The molecule has 0 fully saturated rings. The average Bonchev–Trinajstić information content (AvgIpc) is 3.17. The number of methoxy groups -OCH3 is 2. The number of aromatic nitrogens is 1. The number of nitrogens with zero attached hydrogens (tertiary/aromatic N) is 2. The maximum atomic E-state index is 12.9. The van der Waals surface area contributed by atoms with Crippen molar-refractivity contribution in [2.45, 2.75) is 25.3 Å². The zero-order chi connectivity index (χ0) is 24.2. The lowest BCUT2D eigenvalue weighted by Crippen LogP contribution is -2.30. The van der Waals surface area contributed by atoms with Crippen molar-refractivity contribution in [3.8, 4) is 5.75 Å². The zero-order valence-corrected chi connectivity index (χ0v) is 19.8. The largest absolute Gasteiger partial charge is 0.495 e. The number of rotatable bonds is 9. The Morgan fingerprint density at radius 1 is 1.06 bits per heavy atom. The molecular formula is C23H27N3O6S. The van der Waals surface area contributed by atoms with Crippen molar-refractivity contribution in [3.63, 3.8) is 0 Å². The number of sulfonamides is 1. The number of benzene rings is 2. The summed E-state index contributed by atoms with van der Waals surface area (Å²) in [6, 6.07) is 11.5. The third-order valence-electron chi connectivity index (χ3n) is 5.30. The first-order chi connectivity index (χ1) is 15.8. The summed E-state index contributed by atoms with van der Waals surface area (Å²) >= 11 is 0. The molecule has 2 aromatic carbocycles. The van der Waals surface area contributed by atoms with Crippen molar-refractivity contribution in [2.24, 2.45) is 0 Å². The first-order valence-electron chi connectivity index (χ1n) is 10.4. The lowest BCUT2D eigenvalue weighted by molar-refractivity contribution is -0.116. The molecule has 1 amide bonds. The molecule has 0 aliphatic rings. The van der Waals surface area contributed by atoms with E-state index in [2.05, 4.69) is 5.32 Å². The second-order valence-corrected chi connectivity index (χ2v) is 9.12. The SMILES string of the molecule is CCN(CC)S(=O)(=O)c1ccc(OC)c(NC(=O)Cn2cc(C(=O)OC)c3ccccc32)c1. The number of esters is 1. The number of fused-ring (bicyclic) bond motifs is 1. The summed E-state index contributed by atoms with van der Waals surface area (Å²) in [7, 11) is -0.977. The molecule has 0 aliphatic heterocycles. The lowest BCUT2D eigenvalue weighted by Gasteiger charge is -2.19. The van der Waals surface area contributed by atoms with E-state index >= 15 is 0 Å². The fraction of sp³-hybridized carbons (Fsp3) is 0.304. The van der Waals surface area contributed by atoms with Crippen LogP contribution in [0.1, 0.15) is 24.2 Å². The van der Waals surface area contributed by atoms with Crippen LogP contribution in [-0.2, 0) is 26.1 Å². The fourth-order valence-corrected chi connectivity index (χ4v) is 5.14. The molecule has 33 heavy (non-hydrogen) atoms. The lowest BCUT2D eigenvalue weighted by atomic mass is 10.2. The molecule has 0 unspecified atom stereocenters. The van der Waals surface area contributed by atoms with E-state index in [0.29, 0.717) is 35.3 Å². The van der Waals surface area contributed by atoms with E-state index in [9.17, 15) is 18.0 Å². The quantitative estimate of drug-likeness (QED) is 0.479. The molecule has 3 aromatic rings. The predicted octanol–water partition coefficient (Wildman–Crippen LogP) is 3.11.